The van der Waals surface area contributed by atoms with Crippen molar-refractivity contribution < 1.29 is 13.2 Å². The fraction of sp³-hybridized carbons (Fsp3) is 0.529. The molecule has 0 aliphatic carbocycles. The third-order valence-corrected chi connectivity index (χ3v) is 5.18. The highest BCUT2D eigenvalue weighted by atomic mass is 32.2. The van der Waals surface area contributed by atoms with Crippen molar-refractivity contribution in [3.05, 3.63) is 29.8 Å². The number of sulfonamides is 1. The third kappa shape index (κ3) is 5.27. The Morgan fingerprint density at radius 3 is 2.64 bits per heavy atom. The van der Waals surface area contributed by atoms with Crippen LogP contribution in [0, 0.1) is 5.41 Å². The van der Waals surface area contributed by atoms with Gasteiger partial charge in [0.15, 0.2) is 0 Å². The van der Waals surface area contributed by atoms with Gasteiger partial charge in [-0.05, 0) is 31.6 Å². The maximum atomic E-state index is 12.0. The molecule has 1 aromatic rings. The van der Waals surface area contributed by atoms with Crippen LogP contribution < -0.4 is 10.0 Å². The summed E-state index contributed by atoms with van der Waals surface area (Å²) in [5.41, 5.74) is 0.528. The molecule has 2 rings (SSSR count). The van der Waals surface area contributed by atoms with Crippen molar-refractivity contribution in [2.45, 2.75) is 25.2 Å². The summed E-state index contributed by atoms with van der Waals surface area (Å²) in [5, 5.41) is 2.92. The highest BCUT2D eigenvalue weighted by Gasteiger charge is 2.30. The Hall–Kier alpha value is -1.93. The minimum absolute atomic E-state index is 0.0227. The fourth-order valence-electron chi connectivity index (χ4n) is 2.86. The molecular formula is C17H26N4O3S. The smallest absolute Gasteiger partial charge is 0.263 e. The van der Waals surface area contributed by atoms with E-state index in [1.807, 2.05) is 14.1 Å². The van der Waals surface area contributed by atoms with Gasteiger partial charge in [0.25, 0.3) is 10.0 Å². The third-order valence-electron chi connectivity index (χ3n) is 3.78. The summed E-state index contributed by atoms with van der Waals surface area (Å²) < 4.78 is 26.4. The van der Waals surface area contributed by atoms with Gasteiger partial charge >= 0.3 is 0 Å². The molecule has 0 aromatic heterocycles. The van der Waals surface area contributed by atoms with E-state index >= 15 is 0 Å². The van der Waals surface area contributed by atoms with Gasteiger partial charge in [0, 0.05) is 25.1 Å². The van der Waals surface area contributed by atoms with E-state index in [2.05, 4.69) is 33.8 Å². The van der Waals surface area contributed by atoms with Crippen molar-refractivity contribution in [3.8, 4) is 0 Å². The number of aliphatic imine (C=N–C) groups is 1. The number of amides is 1. The maximum Gasteiger partial charge on any atom is 0.263 e. The van der Waals surface area contributed by atoms with E-state index in [-0.39, 0.29) is 29.2 Å². The van der Waals surface area contributed by atoms with Gasteiger partial charge < -0.3 is 10.2 Å². The first kappa shape index (κ1) is 19.4. The van der Waals surface area contributed by atoms with Gasteiger partial charge in [0.1, 0.15) is 5.84 Å². The Bertz CT molecular complexity index is 770. The van der Waals surface area contributed by atoms with Crippen LogP contribution in [-0.2, 0) is 14.8 Å². The molecule has 138 valence electrons. The normalized spacial score (nSPS) is 17.4. The average molecular weight is 366 g/mol. The predicted molar refractivity (Wildman–Crippen MR) is 98.1 cm³/mol. The summed E-state index contributed by atoms with van der Waals surface area (Å²) >= 11 is 0. The Labute approximate surface area is 149 Å². The van der Waals surface area contributed by atoms with Crippen LogP contribution in [0.5, 0.6) is 0 Å². The van der Waals surface area contributed by atoms with Crippen molar-refractivity contribution >= 4 is 21.8 Å². The molecule has 1 aliphatic heterocycles. The van der Waals surface area contributed by atoms with E-state index in [1.54, 1.807) is 24.3 Å². The molecule has 1 heterocycles. The first-order chi connectivity index (χ1) is 11.6. The standard InChI is InChI=1S/C17H26N4O3S/c1-17(2,12-21(3)4)11-19-15(22)9-10-18-16-13-7-5-6-8-14(13)25(23,24)20-16/h5-8H,9-12H2,1-4H3,(H,18,20)(H,19,22). The molecule has 1 aromatic carbocycles. The van der Waals surface area contributed by atoms with Crippen LogP contribution in [0.2, 0.25) is 0 Å². The quantitative estimate of drug-likeness (QED) is 0.747. The molecule has 0 bridgehead atoms. The molecule has 0 saturated carbocycles. The van der Waals surface area contributed by atoms with Crippen molar-refractivity contribution in [2.75, 3.05) is 33.7 Å². The van der Waals surface area contributed by atoms with Gasteiger partial charge in [-0.25, -0.2) is 8.42 Å². The van der Waals surface area contributed by atoms with Crippen LogP contribution in [0.15, 0.2) is 34.2 Å². The highest BCUT2D eigenvalue weighted by molar-refractivity contribution is 7.90. The minimum Gasteiger partial charge on any atom is -0.355 e. The van der Waals surface area contributed by atoms with Gasteiger partial charge in [-0.3, -0.25) is 14.5 Å². The number of fused-ring (bicyclic) bond motifs is 1. The number of carbonyl (C=O) groups excluding carboxylic acids is 1. The summed E-state index contributed by atoms with van der Waals surface area (Å²) in [6.07, 6.45) is 0.214. The van der Waals surface area contributed by atoms with Crippen molar-refractivity contribution in [3.63, 3.8) is 0 Å². The molecule has 0 fully saturated rings. The van der Waals surface area contributed by atoms with Crippen LogP contribution in [0.4, 0.5) is 0 Å². The zero-order chi connectivity index (χ0) is 18.7. The number of hydrogen-bond donors (Lipinski definition) is 2. The fourth-order valence-corrected chi connectivity index (χ4v) is 4.11. The lowest BCUT2D eigenvalue weighted by molar-refractivity contribution is -0.121. The van der Waals surface area contributed by atoms with E-state index in [9.17, 15) is 13.2 Å². The molecule has 0 radical (unpaired) electrons. The zero-order valence-electron chi connectivity index (χ0n) is 15.2. The van der Waals surface area contributed by atoms with Crippen molar-refractivity contribution in [1.82, 2.24) is 14.9 Å². The van der Waals surface area contributed by atoms with E-state index < -0.39 is 10.0 Å². The van der Waals surface area contributed by atoms with E-state index in [0.29, 0.717) is 17.9 Å². The summed E-state index contributed by atoms with van der Waals surface area (Å²) in [4.78, 5) is 18.6. The Morgan fingerprint density at radius 2 is 1.96 bits per heavy atom. The van der Waals surface area contributed by atoms with E-state index in [1.165, 1.54) is 0 Å². The molecule has 2 N–H and O–H groups in total. The van der Waals surface area contributed by atoms with Crippen LogP contribution in [0.1, 0.15) is 25.8 Å². The predicted octanol–water partition coefficient (Wildman–Crippen LogP) is 0.819. The number of carbonyl (C=O) groups is 1. The lowest BCUT2D eigenvalue weighted by Crippen LogP contribution is -2.40. The SMILES string of the molecule is CN(C)CC(C)(C)CNC(=O)CCN=C1NS(=O)(=O)c2ccccc21. The van der Waals surface area contributed by atoms with Gasteiger partial charge in [0.05, 0.1) is 11.4 Å². The topological polar surface area (TPSA) is 90.9 Å². The summed E-state index contributed by atoms with van der Waals surface area (Å²) in [7, 11) is 0.468. The molecule has 25 heavy (non-hydrogen) atoms. The molecule has 0 saturated heterocycles. The number of nitrogens with one attached hydrogen (secondary N) is 2. The number of benzene rings is 1. The highest BCUT2D eigenvalue weighted by Crippen LogP contribution is 2.22. The summed E-state index contributed by atoms with van der Waals surface area (Å²) in [6, 6.07) is 6.68. The molecule has 0 atom stereocenters. The molecule has 8 heteroatoms. The second-order valence-electron chi connectivity index (χ2n) is 7.26. The van der Waals surface area contributed by atoms with Gasteiger partial charge in [-0.1, -0.05) is 26.0 Å². The monoisotopic (exact) mass is 366 g/mol. The average Bonchev–Trinajstić information content (AvgIpc) is 2.76. The Kier molecular flexibility index (Phi) is 5.84. The second kappa shape index (κ2) is 7.53. The first-order valence-electron chi connectivity index (χ1n) is 8.19. The Morgan fingerprint density at radius 1 is 1.28 bits per heavy atom. The maximum absolute atomic E-state index is 12.0. The Balaban J connectivity index is 1.89. The summed E-state index contributed by atoms with van der Waals surface area (Å²) in [5.74, 6) is 0.210. The number of nitrogens with zero attached hydrogens (tertiary/aromatic N) is 2. The van der Waals surface area contributed by atoms with Gasteiger partial charge in [-0.15, -0.1) is 0 Å². The first-order valence-corrected chi connectivity index (χ1v) is 9.67. The summed E-state index contributed by atoms with van der Waals surface area (Å²) in [6.45, 7) is 5.87. The number of rotatable bonds is 7. The molecule has 7 nitrogen and oxygen atoms in total. The molecular weight excluding hydrogens is 340 g/mol. The molecule has 1 amide bonds. The zero-order valence-corrected chi connectivity index (χ0v) is 16.0. The van der Waals surface area contributed by atoms with Crippen LogP contribution >= 0.6 is 0 Å². The van der Waals surface area contributed by atoms with E-state index in [0.717, 1.165) is 6.54 Å². The lowest BCUT2D eigenvalue weighted by atomic mass is 9.93. The van der Waals surface area contributed by atoms with Gasteiger partial charge in [-0.2, -0.15) is 0 Å². The second-order valence-corrected chi connectivity index (χ2v) is 8.91. The molecule has 0 unspecified atom stereocenters. The molecule has 0 spiro atoms. The van der Waals surface area contributed by atoms with E-state index in [4.69, 9.17) is 0 Å². The van der Waals surface area contributed by atoms with Crippen LogP contribution in [-0.4, -0.2) is 58.8 Å². The number of hydrogen-bond acceptors (Lipinski definition) is 5. The number of amidine groups is 1. The largest absolute Gasteiger partial charge is 0.355 e. The van der Waals surface area contributed by atoms with Crippen molar-refractivity contribution in [1.29, 1.82) is 0 Å². The van der Waals surface area contributed by atoms with Gasteiger partial charge in [0.2, 0.25) is 5.91 Å². The molecule has 1 aliphatic rings. The lowest BCUT2D eigenvalue weighted by Gasteiger charge is -2.28. The van der Waals surface area contributed by atoms with Crippen LogP contribution in [0.3, 0.4) is 0 Å². The van der Waals surface area contributed by atoms with Crippen LogP contribution in [0.25, 0.3) is 0 Å². The van der Waals surface area contributed by atoms with Crippen molar-refractivity contribution in [2.24, 2.45) is 10.4 Å². The minimum atomic E-state index is -3.53.